The monoisotopic (exact) mass is 445 g/mol. The van der Waals surface area contributed by atoms with Crippen molar-refractivity contribution >= 4 is 17.9 Å². The van der Waals surface area contributed by atoms with Gasteiger partial charge in [-0.25, -0.2) is 4.79 Å². The molecule has 2 unspecified atom stereocenters. The molecule has 0 bridgehead atoms. The molecule has 1 aromatic rings. The van der Waals surface area contributed by atoms with Gasteiger partial charge in [0.25, 0.3) is 0 Å². The Hall–Kier alpha value is -2.57. The van der Waals surface area contributed by atoms with Crippen molar-refractivity contribution in [3.63, 3.8) is 0 Å². The average Bonchev–Trinajstić information content (AvgIpc) is 2.72. The molecule has 1 fully saturated rings. The van der Waals surface area contributed by atoms with Crippen molar-refractivity contribution in [1.29, 1.82) is 0 Å². The van der Waals surface area contributed by atoms with Gasteiger partial charge in [-0.2, -0.15) is 0 Å². The lowest BCUT2D eigenvalue weighted by molar-refractivity contribution is -0.137. The maximum atomic E-state index is 13.3. The number of ether oxygens (including phenoxy) is 1. The summed E-state index contributed by atoms with van der Waals surface area (Å²) in [4.78, 5) is 40.0. The highest BCUT2D eigenvalue weighted by Crippen LogP contribution is 2.20. The van der Waals surface area contributed by atoms with E-state index >= 15 is 0 Å². The number of nitrogens with zero attached hydrogens (tertiary/aromatic N) is 1. The Labute approximate surface area is 192 Å². The molecule has 0 aromatic heterocycles. The van der Waals surface area contributed by atoms with Crippen molar-refractivity contribution < 1.29 is 19.1 Å². The SMILES string of the molecule is CC(C)C(C)NC(=O)C1CCN(C(=O)C(Cc2ccccc2)NC(=O)OC(C)(C)C)CC1. The van der Waals surface area contributed by atoms with E-state index in [-0.39, 0.29) is 23.8 Å². The number of nitrogens with one attached hydrogen (secondary N) is 2. The van der Waals surface area contributed by atoms with E-state index in [2.05, 4.69) is 24.5 Å². The van der Waals surface area contributed by atoms with Gasteiger partial charge in [0, 0.05) is 31.5 Å². The predicted molar refractivity (Wildman–Crippen MR) is 125 cm³/mol. The molecular weight excluding hydrogens is 406 g/mol. The summed E-state index contributed by atoms with van der Waals surface area (Å²) >= 11 is 0. The Morgan fingerprint density at radius 2 is 1.62 bits per heavy atom. The Bertz CT molecular complexity index is 765. The largest absolute Gasteiger partial charge is 0.444 e. The van der Waals surface area contributed by atoms with Crippen LogP contribution in [-0.2, 0) is 20.7 Å². The quantitative estimate of drug-likeness (QED) is 0.672. The molecule has 1 aliphatic rings. The van der Waals surface area contributed by atoms with Gasteiger partial charge in [0.1, 0.15) is 11.6 Å². The van der Waals surface area contributed by atoms with Crippen molar-refractivity contribution in [2.75, 3.05) is 13.1 Å². The Morgan fingerprint density at radius 3 is 2.16 bits per heavy atom. The van der Waals surface area contributed by atoms with Crippen LogP contribution in [0.25, 0.3) is 0 Å². The molecule has 2 rings (SSSR count). The standard InChI is InChI=1S/C25H39N3O4/c1-17(2)18(3)26-22(29)20-12-14-28(15-13-20)23(30)21(16-19-10-8-7-9-11-19)27-24(31)32-25(4,5)6/h7-11,17-18,20-21H,12-16H2,1-6H3,(H,26,29)(H,27,31). The summed E-state index contributed by atoms with van der Waals surface area (Å²) < 4.78 is 5.37. The van der Waals surface area contributed by atoms with E-state index in [0.29, 0.717) is 38.3 Å². The van der Waals surface area contributed by atoms with E-state index in [1.165, 1.54) is 0 Å². The molecule has 0 spiro atoms. The number of rotatable bonds is 7. The van der Waals surface area contributed by atoms with E-state index in [4.69, 9.17) is 4.74 Å². The number of carbonyl (C=O) groups is 3. The van der Waals surface area contributed by atoms with Crippen molar-refractivity contribution in [1.82, 2.24) is 15.5 Å². The molecule has 2 N–H and O–H groups in total. The number of hydrogen-bond donors (Lipinski definition) is 2. The number of piperidine rings is 1. The highest BCUT2D eigenvalue weighted by Gasteiger charge is 2.33. The van der Waals surface area contributed by atoms with Crippen LogP contribution in [-0.4, -0.2) is 53.6 Å². The maximum Gasteiger partial charge on any atom is 0.408 e. The molecule has 1 aliphatic heterocycles. The van der Waals surface area contributed by atoms with E-state index in [9.17, 15) is 14.4 Å². The number of likely N-dealkylation sites (tertiary alicyclic amines) is 1. The maximum absolute atomic E-state index is 13.3. The molecule has 7 heteroatoms. The molecule has 178 valence electrons. The molecule has 3 amide bonds. The van der Waals surface area contributed by atoms with Crippen LogP contribution in [0.4, 0.5) is 4.79 Å². The average molecular weight is 446 g/mol. The summed E-state index contributed by atoms with van der Waals surface area (Å²) in [5, 5.41) is 5.84. The minimum Gasteiger partial charge on any atom is -0.444 e. The summed E-state index contributed by atoms with van der Waals surface area (Å²) in [6.45, 7) is 12.5. The lowest BCUT2D eigenvalue weighted by Gasteiger charge is -2.34. The van der Waals surface area contributed by atoms with Gasteiger partial charge in [0.05, 0.1) is 0 Å². The highest BCUT2D eigenvalue weighted by atomic mass is 16.6. The van der Waals surface area contributed by atoms with E-state index in [0.717, 1.165) is 5.56 Å². The number of alkyl carbamates (subject to hydrolysis) is 1. The number of amides is 3. The number of benzene rings is 1. The molecule has 0 saturated carbocycles. The molecule has 0 radical (unpaired) electrons. The Balaban J connectivity index is 2.01. The number of carbonyl (C=O) groups excluding carboxylic acids is 3. The van der Waals surface area contributed by atoms with Crippen LogP contribution >= 0.6 is 0 Å². The van der Waals surface area contributed by atoms with Gasteiger partial charge in [0.15, 0.2) is 0 Å². The zero-order valence-corrected chi connectivity index (χ0v) is 20.3. The van der Waals surface area contributed by atoms with Gasteiger partial charge in [-0.15, -0.1) is 0 Å². The van der Waals surface area contributed by atoms with Crippen LogP contribution in [0.2, 0.25) is 0 Å². The summed E-state index contributed by atoms with van der Waals surface area (Å²) in [5.41, 5.74) is 0.308. The molecule has 1 heterocycles. The van der Waals surface area contributed by atoms with Crippen LogP contribution < -0.4 is 10.6 Å². The molecular formula is C25H39N3O4. The van der Waals surface area contributed by atoms with Crippen molar-refractivity contribution in [3.8, 4) is 0 Å². The lowest BCUT2D eigenvalue weighted by Crippen LogP contribution is -2.53. The van der Waals surface area contributed by atoms with Crippen LogP contribution in [0.5, 0.6) is 0 Å². The van der Waals surface area contributed by atoms with Crippen LogP contribution in [0.1, 0.15) is 59.9 Å². The second kappa shape index (κ2) is 11.3. The zero-order chi connectivity index (χ0) is 23.9. The van der Waals surface area contributed by atoms with E-state index < -0.39 is 17.7 Å². The first kappa shape index (κ1) is 25.7. The van der Waals surface area contributed by atoms with Gasteiger partial charge >= 0.3 is 6.09 Å². The fraction of sp³-hybridized carbons (Fsp3) is 0.640. The normalized spacial score (nSPS) is 16.9. The zero-order valence-electron chi connectivity index (χ0n) is 20.3. The Kier molecular flexibility index (Phi) is 9.10. The van der Waals surface area contributed by atoms with Crippen LogP contribution in [0.15, 0.2) is 30.3 Å². The lowest BCUT2D eigenvalue weighted by atomic mass is 9.94. The fourth-order valence-corrected chi connectivity index (χ4v) is 3.59. The molecule has 2 atom stereocenters. The highest BCUT2D eigenvalue weighted by molar-refractivity contribution is 5.86. The molecule has 1 saturated heterocycles. The van der Waals surface area contributed by atoms with Gasteiger partial charge in [-0.3, -0.25) is 9.59 Å². The molecule has 7 nitrogen and oxygen atoms in total. The number of hydrogen-bond acceptors (Lipinski definition) is 4. The van der Waals surface area contributed by atoms with Gasteiger partial charge in [0.2, 0.25) is 11.8 Å². The Morgan fingerprint density at radius 1 is 1.03 bits per heavy atom. The third-order valence-electron chi connectivity index (χ3n) is 5.82. The minimum absolute atomic E-state index is 0.0611. The molecule has 32 heavy (non-hydrogen) atoms. The summed E-state index contributed by atoms with van der Waals surface area (Å²) in [7, 11) is 0. The smallest absolute Gasteiger partial charge is 0.408 e. The predicted octanol–water partition coefficient (Wildman–Crippen LogP) is 3.52. The van der Waals surface area contributed by atoms with Crippen LogP contribution in [0.3, 0.4) is 0 Å². The first-order chi connectivity index (χ1) is 15.0. The van der Waals surface area contributed by atoms with Gasteiger partial charge in [-0.05, 0) is 52.0 Å². The third kappa shape index (κ3) is 8.17. The summed E-state index contributed by atoms with van der Waals surface area (Å²) in [6.07, 6.45) is 1.01. The van der Waals surface area contributed by atoms with Crippen molar-refractivity contribution in [3.05, 3.63) is 35.9 Å². The van der Waals surface area contributed by atoms with Crippen LogP contribution in [0, 0.1) is 11.8 Å². The third-order valence-corrected chi connectivity index (χ3v) is 5.82. The topological polar surface area (TPSA) is 87.7 Å². The van der Waals surface area contributed by atoms with Crippen molar-refractivity contribution in [2.24, 2.45) is 11.8 Å². The molecule has 0 aliphatic carbocycles. The van der Waals surface area contributed by atoms with E-state index in [1.54, 1.807) is 25.7 Å². The second-order valence-electron chi connectivity index (χ2n) is 10.0. The van der Waals surface area contributed by atoms with Gasteiger partial charge in [-0.1, -0.05) is 44.2 Å². The van der Waals surface area contributed by atoms with E-state index in [1.807, 2.05) is 37.3 Å². The summed E-state index contributed by atoms with van der Waals surface area (Å²) in [6, 6.07) is 9.00. The summed E-state index contributed by atoms with van der Waals surface area (Å²) in [5.74, 6) is 0.199. The first-order valence-electron chi connectivity index (χ1n) is 11.6. The fourth-order valence-electron chi connectivity index (χ4n) is 3.59. The second-order valence-corrected chi connectivity index (χ2v) is 10.0. The van der Waals surface area contributed by atoms with Crippen molar-refractivity contribution in [2.45, 2.75) is 78.5 Å². The minimum atomic E-state index is -0.724. The van der Waals surface area contributed by atoms with Gasteiger partial charge < -0.3 is 20.3 Å². The first-order valence-corrected chi connectivity index (χ1v) is 11.6. The molecule has 1 aromatic carbocycles.